The van der Waals surface area contributed by atoms with Gasteiger partial charge in [-0.25, -0.2) is 15.0 Å². The maximum Gasteiger partial charge on any atom is 0.255 e. The van der Waals surface area contributed by atoms with Crippen LogP contribution in [-0.4, -0.2) is 65.2 Å². The Hall–Kier alpha value is -3.92. The Morgan fingerprint density at radius 2 is 1.88 bits per heavy atom. The highest BCUT2D eigenvalue weighted by Gasteiger charge is 2.38. The molecule has 1 saturated heterocycles. The van der Waals surface area contributed by atoms with Gasteiger partial charge in [-0.05, 0) is 43.2 Å². The molecule has 10 heteroatoms. The number of hydrogen-bond donors (Lipinski definition) is 2. The zero-order valence-electron chi connectivity index (χ0n) is 18.4. The van der Waals surface area contributed by atoms with Gasteiger partial charge in [-0.1, -0.05) is 11.3 Å². The maximum atomic E-state index is 12.8. The average molecular weight is 441 g/mol. The summed E-state index contributed by atoms with van der Waals surface area (Å²) in [6, 6.07) is 8.38. The first-order chi connectivity index (χ1) is 16.0. The molecular formula is C23H23N9O. The molecule has 10 nitrogen and oxygen atoms in total. The molecule has 0 saturated carbocycles. The van der Waals surface area contributed by atoms with Crippen LogP contribution in [0.1, 0.15) is 32.7 Å². The molecule has 6 rings (SSSR count). The number of nitrogens with one attached hydrogen (secondary N) is 2. The van der Waals surface area contributed by atoms with Gasteiger partial charge in [0.05, 0.1) is 11.3 Å². The summed E-state index contributed by atoms with van der Waals surface area (Å²) in [7, 11) is 0. The van der Waals surface area contributed by atoms with E-state index in [1.165, 1.54) is 11.1 Å². The molecule has 1 aromatic carbocycles. The zero-order valence-corrected chi connectivity index (χ0v) is 18.4. The molecule has 2 N–H and O–H groups in total. The Morgan fingerprint density at radius 1 is 1.06 bits per heavy atom. The first-order valence-electron chi connectivity index (χ1n) is 10.9. The average Bonchev–Trinajstić information content (AvgIpc) is 3.37. The number of hydrogen-bond acceptors (Lipinski definition) is 8. The van der Waals surface area contributed by atoms with E-state index in [-0.39, 0.29) is 5.91 Å². The lowest BCUT2D eigenvalue weighted by Gasteiger charge is -2.43. The van der Waals surface area contributed by atoms with Gasteiger partial charge >= 0.3 is 0 Å². The quantitative estimate of drug-likeness (QED) is 0.496. The number of amides is 1. The van der Waals surface area contributed by atoms with E-state index in [9.17, 15) is 4.79 Å². The van der Waals surface area contributed by atoms with Gasteiger partial charge in [-0.3, -0.25) is 14.8 Å². The van der Waals surface area contributed by atoms with E-state index < -0.39 is 0 Å². The van der Waals surface area contributed by atoms with Crippen molar-refractivity contribution >= 4 is 28.7 Å². The Kier molecular flexibility index (Phi) is 4.54. The van der Waals surface area contributed by atoms with Crippen LogP contribution in [0.3, 0.4) is 0 Å². The molecule has 2 aliphatic heterocycles. The fourth-order valence-corrected chi connectivity index (χ4v) is 4.57. The minimum Gasteiger partial charge on any atom is -0.335 e. The van der Waals surface area contributed by atoms with Crippen molar-refractivity contribution in [1.82, 2.24) is 40.2 Å². The zero-order chi connectivity index (χ0) is 22.5. The monoisotopic (exact) mass is 441 g/mol. The Balaban J connectivity index is 1.09. The number of carbonyl (C=O) groups excluding carboxylic acids is 1. The fourth-order valence-electron chi connectivity index (χ4n) is 4.57. The maximum absolute atomic E-state index is 12.8. The molecular weight excluding hydrogens is 418 g/mol. The van der Waals surface area contributed by atoms with E-state index in [2.05, 4.69) is 67.6 Å². The predicted molar refractivity (Wildman–Crippen MR) is 122 cm³/mol. The Morgan fingerprint density at radius 3 is 2.70 bits per heavy atom. The first kappa shape index (κ1) is 19.7. The number of benzene rings is 1. The van der Waals surface area contributed by atoms with Crippen molar-refractivity contribution in [3.8, 4) is 0 Å². The number of H-pyrrole nitrogens is 1. The third-order valence-electron chi connectivity index (χ3n) is 6.25. The summed E-state index contributed by atoms with van der Waals surface area (Å²) in [5.41, 5.74) is 7.30. The second-order valence-electron chi connectivity index (χ2n) is 8.84. The van der Waals surface area contributed by atoms with Crippen molar-refractivity contribution in [3.05, 3.63) is 64.6 Å². The normalized spacial score (nSPS) is 16.1. The fraction of sp³-hybridized carbons (Fsp3) is 0.304. The first-order valence-corrected chi connectivity index (χ1v) is 10.9. The summed E-state index contributed by atoms with van der Waals surface area (Å²) in [4.78, 5) is 30.5. The molecule has 0 aliphatic carbocycles. The van der Waals surface area contributed by atoms with Crippen molar-refractivity contribution in [2.45, 2.75) is 33.0 Å². The minimum atomic E-state index is -0.0216. The van der Waals surface area contributed by atoms with Gasteiger partial charge in [0.1, 0.15) is 5.52 Å². The van der Waals surface area contributed by atoms with Crippen LogP contribution in [0.25, 0.3) is 11.2 Å². The van der Waals surface area contributed by atoms with Gasteiger partial charge in [0, 0.05) is 55.9 Å². The molecule has 2 aliphatic rings. The van der Waals surface area contributed by atoms with E-state index in [1.54, 1.807) is 12.3 Å². The third kappa shape index (κ3) is 3.68. The second-order valence-corrected chi connectivity index (χ2v) is 8.84. The largest absolute Gasteiger partial charge is 0.335 e. The number of aromatic amines is 1. The van der Waals surface area contributed by atoms with E-state index in [0.717, 1.165) is 30.0 Å². The van der Waals surface area contributed by atoms with E-state index in [1.807, 2.05) is 11.1 Å². The summed E-state index contributed by atoms with van der Waals surface area (Å²) in [6.45, 7) is 7.10. The van der Waals surface area contributed by atoms with Crippen molar-refractivity contribution in [1.29, 1.82) is 0 Å². The highest BCUT2D eigenvalue weighted by Crippen LogP contribution is 2.28. The molecule has 1 fully saturated rings. The number of rotatable bonds is 4. The van der Waals surface area contributed by atoms with Gasteiger partial charge in [-0.2, -0.15) is 0 Å². The van der Waals surface area contributed by atoms with Crippen LogP contribution in [0.15, 0.2) is 36.7 Å². The van der Waals surface area contributed by atoms with Gasteiger partial charge in [0.2, 0.25) is 11.6 Å². The number of aryl methyl sites for hydroxylation is 2. The number of likely N-dealkylation sites (tertiary alicyclic amines) is 1. The summed E-state index contributed by atoms with van der Waals surface area (Å²) in [5, 5.41) is 13.7. The summed E-state index contributed by atoms with van der Waals surface area (Å²) in [6.07, 6.45) is 3.47. The van der Waals surface area contributed by atoms with Crippen LogP contribution in [0.2, 0.25) is 0 Å². The lowest BCUT2D eigenvalue weighted by molar-refractivity contribution is 0.0248. The van der Waals surface area contributed by atoms with Gasteiger partial charge in [0.25, 0.3) is 5.91 Å². The molecule has 5 heterocycles. The molecule has 4 aromatic rings. The number of anilines is 2. The van der Waals surface area contributed by atoms with Crippen LogP contribution in [0, 0.1) is 13.8 Å². The predicted octanol–water partition coefficient (Wildman–Crippen LogP) is 2.34. The van der Waals surface area contributed by atoms with Gasteiger partial charge < -0.3 is 10.2 Å². The van der Waals surface area contributed by atoms with Crippen molar-refractivity contribution in [3.63, 3.8) is 0 Å². The number of fused-ring (bicyclic) bond motifs is 2. The number of carbonyl (C=O) groups is 1. The molecule has 1 amide bonds. The molecule has 3 aromatic heterocycles. The highest BCUT2D eigenvalue weighted by atomic mass is 16.2. The van der Waals surface area contributed by atoms with Crippen LogP contribution in [0.5, 0.6) is 0 Å². The molecule has 0 unspecified atom stereocenters. The molecule has 0 spiro atoms. The molecule has 0 radical (unpaired) electrons. The minimum absolute atomic E-state index is 0.0216. The van der Waals surface area contributed by atoms with Crippen molar-refractivity contribution in [2.24, 2.45) is 0 Å². The van der Waals surface area contributed by atoms with Gasteiger partial charge in [0.15, 0.2) is 0 Å². The summed E-state index contributed by atoms with van der Waals surface area (Å²) < 4.78 is 0. The van der Waals surface area contributed by atoms with Crippen LogP contribution in [-0.2, 0) is 13.1 Å². The van der Waals surface area contributed by atoms with Crippen molar-refractivity contribution < 1.29 is 4.79 Å². The summed E-state index contributed by atoms with van der Waals surface area (Å²) in [5.74, 6) is 0.592. The Labute approximate surface area is 190 Å². The third-order valence-corrected chi connectivity index (χ3v) is 6.25. The molecule has 33 heavy (non-hydrogen) atoms. The smallest absolute Gasteiger partial charge is 0.255 e. The topological polar surface area (TPSA) is 116 Å². The lowest BCUT2D eigenvalue weighted by atomic mass is 10.1. The molecule has 0 atom stereocenters. The van der Waals surface area contributed by atoms with E-state index in [4.69, 9.17) is 4.98 Å². The van der Waals surface area contributed by atoms with E-state index in [0.29, 0.717) is 41.8 Å². The highest BCUT2D eigenvalue weighted by molar-refractivity contribution is 5.96. The molecule has 0 bridgehead atoms. The second kappa shape index (κ2) is 7.59. The van der Waals surface area contributed by atoms with Gasteiger partial charge in [-0.15, -0.1) is 5.10 Å². The summed E-state index contributed by atoms with van der Waals surface area (Å²) >= 11 is 0. The van der Waals surface area contributed by atoms with Crippen LogP contribution < -0.4 is 5.32 Å². The standard InChI is InChI=1S/C23H23N9O/c1-13-3-14(2)5-17(4-13)26-23-25-8-16-9-31(12-20(16)27-23)18-10-32(11-18)22(33)15-6-19-21(24-7-15)29-30-28-19/h3-8,18H,9-12H2,1-2H3,(H,25,26,27)(H,24,28,29,30). The van der Waals surface area contributed by atoms with Crippen molar-refractivity contribution in [2.75, 3.05) is 18.4 Å². The number of aromatic nitrogens is 6. The molecule has 166 valence electrons. The van der Waals surface area contributed by atoms with Crippen LogP contribution >= 0.6 is 0 Å². The number of pyridine rings is 1. The van der Waals surface area contributed by atoms with E-state index >= 15 is 0 Å². The SMILES string of the molecule is Cc1cc(C)cc(Nc2ncc3c(n2)CN(C2CN(C(=O)c4cnc5nn[nH]c5c4)C2)C3)c1. The number of nitrogens with zero attached hydrogens (tertiary/aromatic N) is 7. The Bertz CT molecular complexity index is 1360. The van der Waals surface area contributed by atoms with Crippen LogP contribution in [0.4, 0.5) is 11.6 Å². The lowest BCUT2D eigenvalue weighted by Crippen LogP contribution is -2.59.